The Morgan fingerprint density at radius 1 is 1.33 bits per heavy atom. The number of benzene rings is 1. The molecule has 1 saturated heterocycles. The fourth-order valence-electron chi connectivity index (χ4n) is 2.06. The highest BCUT2D eigenvalue weighted by atomic mass is 35.5. The van der Waals surface area contributed by atoms with Crippen LogP contribution in [0.2, 0.25) is 0 Å². The first-order chi connectivity index (χ1) is 9.55. The van der Waals surface area contributed by atoms with Gasteiger partial charge in [0.25, 0.3) is 0 Å². The largest absolute Gasteiger partial charge is 0.465 e. The van der Waals surface area contributed by atoms with Crippen LogP contribution in [0.3, 0.4) is 0 Å². The predicted octanol–water partition coefficient (Wildman–Crippen LogP) is 1.34. The molecular formula is C14H19ClN2O4. The Hall–Kier alpha value is -1.63. The average molecular weight is 315 g/mol. The van der Waals surface area contributed by atoms with Gasteiger partial charge in [0.15, 0.2) is 0 Å². The predicted molar refractivity (Wildman–Crippen MR) is 80.6 cm³/mol. The van der Waals surface area contributed by atoms with Gasteiger partial charge in [0, 0.05) is 18.9 Å². The number of carbonyl (C=O) groups excluding carboxylic acids is 2. The van der Waals surface area contributed by atoms with Crippen LogP contribution in [0.5, 0.6) is 0 Å². The zero-order chi connectivity index (χ0) is 14.6. The van der Waals surface area contributed by atoms with Crippen LogP contribution in [0.15, 0.2) is 24.3 Å². The molecule has 1 amide bonds. The number of halogens is 1. The van der Waals surface area contributed by atoms with E-state index in [1.54, 1.807) is 24.3 Å². The van der Waals surface area contributed by atoms with Crippen molar-refractivity contribution < 1.29 is 19.1 Å². The summed E-state index contributed by atoms with van der Waals surface area (Å²) in [5.41, 5.74) is 6.07. The molecule has 0 atom stereocenters. The maximum atomic E-state index is 12.2. The normalized spacial score (nSPS) is 16.5. The molecule has 0 unspecified atom stereocenters. The van der Waals surface area contributed by atoms with E-state index in [9.17, 15) is 9.59 Å². The van der Waals surface area contributed by atoms with Gasteiger partial charge in [-0.15, -0.1) is 12.4 Å². The molecule has 0 radical (unpaired) electrons. The monoisotopic (exact) mass is 314 g/mol. The summed E-state index contributed by atoms with van der Waals surface area (Å²) in [4.78, 5) is 23.7. The Balaban J connectivity index is 0.00000220. The standard InChI is InChI=1S/C14H18N2O4.ClH/c1-19-12(17)10-3-2-4-11(9-10)16-13(18)14(15)5-7-20-8-6-14;/h2-4,9H,5-8,15H2,1H3,(H,16,18);1H. The second kappa shape index (κ2) is 7.40. The number of methoxy groups -OCH3 is 1. The summed E-state index contributed by atoms with van der Waals surface area (Å²) in [5, 5.41) is 2.74. The van der Waals surface area contributed by atoms with Crippen molar-refractivity contribution in [1.82, 2.24) is 0 Å². The number of anilines is 1. The topological polar surface area (TPSA) is 90.7 Å². The Morgan fingerprint density at radius 3 is 2.62 bits per heavy atom. The highest BCUT2D eigenvalue weighted by Crippen LogP contribution is 2.20. The van der Waals surface area contributed by atoms with Gasteiger partial charge >= 0.3 is 5.97 Å². The maximum absolute atomic E-state index is 12.2. The molecule has 0 saturated carbocycles. The fraction of sp³-hybridized carbons (Fsp3) is 0.429. The van der Waals surface area contributed by atoms with E-state index >= 15 is 0 Å². The van der Waals surface area contributed by atoms with Crippen LogP contribution in [0.1, 0.15) is 23.2 Å². The van der Waals surface area contributed by atoms with Crippen molar-refractivity contribution in [2.24, 2.45) is 5.73 Å². The van der Waals surface area contributed by atoms with E-state index in [4.69, 9.17) is 10.5 Å². The van der Waals surface area contributed by atoms with Crippen LogP contribution < -0.4 is 11.1 Å². The first-order valence-corrected chi connectivity index (χ1v) is 6.42. The molecule has 1 aliphatic heterocycles. The van der Waals surface area contributed by atoms with Gasteiger partial charge in [-0.25, -0.2) is 4.79 Å². The molecule has 1 aromatic rings. The average Bonchev–Trinajstić information content (AvgIpc) is 2.47. The lowest BCUT2D eigenvalue weighted by Gasteiger charge is -2.31. The molecule has 6 nitrogen and oxygen atoms in total. The van der Waals surface area contributed by atoms with Crippen molar-refractivity contribution >= 4 is 30.0 Å². The van der Waals surface area contributed by atoms with Crippen LogP contribution in [0, 0.1) is 0 Å². The van der Waals surface area contributed by atoms with Gasteiger partial charge < -0.3 is 20.5 Å². The molecule has 0 spiro atoms. The zero-order valence-corrected chi connectivity index (χ0v) is 12.6. The number of hydrogen-bond acceptors (Lipinski definition) is 5. The molecule has 7 heteroatoms. The minimum atomic E-state index is -0.917. The molecule has 3 N–H and O–H groups in total. The van der Waals surface area contributed by atoms with E-state index in [0.29, 0.717) is 37.3 Å². The third kappa shape index (κ3) is 4.17. The van der Waals surface area contributed by atoms with E-state index in [2.05, 4.69) is 10.1 Å². The smallest absolute Gasteiger partial charge is 0.337 e. The number of ether oxygens (including phenoxy) is 2. The van der Waals surface area contributed by atoms with Crippen LogP contribution in [-0.4, -0.2) is 37.7 Å². The Morgan fingerprint density at radius 2 is 2.00 bits per heavy atom. The van der Waals surface area contributed by atoms with Crippen molar-refractivity contribution in [1.29, 1.82) is 0 Å². The summed E-state index contributed by atoms with van der Waals surface area (Å²) < 4.78 is 9.85. The van der Waals surface area contributed by atoms with Gasteiger partial charge in [0.1, 0.15) is 5.54 Å². The van der Waals surface area contributed by atoms with Gasteiger partial charge in [-0.1, -0.05) is 6.07 Å². The minimum absolute atomic E-state index is 0. The quantitative estimate of drug-likeness (QED) is 0.822. The van der Waals surface area contributed by atoms with Gasteiger partial charge in [-0.05, 0) is 31.0 Å². The number of rotatable bonds is 3. The number of amides is 1. The molecule has 1 heterocycles. The molecule has 1 aromatic carbocycles. The van der Waals surface area contributed by atoms with Crippen molar-refractivity contribution in [3.8, 4) is 0 Å². The van der Waals surface area contributed by atoms with Crippen molar-refractivity contribution in [3.63, 3.8) is 0 Å². The lowest BCUT2D eigenvalue weighted by molar-refractivity contribution is -0.124. The van der Waals surface area contributed by atoms with E-state index < -0.39 is 11.5 Å². The molecular weight excluding hydrogens is 296 g/mol. The Labute approximate surface area is 129 Å². The Kier molecular flexibility index (Phi) is 6.14. The molecule has 0 bridgehead atoms. The van der Waals surface area contributed by atoms with Crippen LogP contribution in [0.25, 0.3) is 0 Å². The third-order valence-electron chi connectivity index (χ3n) is 3.38. The lowest BCUT2D eigenvalue weighted by atomic mass is 9.90. The molecule has 2 rings (SSSR count). The molecule has 0 aliphatic carbocycles. The maximum Gasteiger partial charge on any atom is 0.337 e. The van der Waals surface area contributed by atoms with Crippen molar-refractivity contribution in [2.75, 3.05) is 25.6 Å². The summed E-state index contributed by atoms with van der Waals surface area (Å²) in [6, 6.07) is 6.56. The summed E-state index contributed by atoms with van der Waals surface area (Å²) in [6.45, 7) is 0.957. The molecule has 116 valence electrons. The van der Waals surface area contributed by atoms with Gasteiger partial charge in [-0.2, -0.15) is 0 Å². The van der Waals surface area contributed by atoms with Gasteiger partial charge in [-0.3, -0.25) is 4.79 Å². The number of nitrogens with two attached hydrogens (primary N) is 1. The van der Waals surface area contributed by atoms with Crippen molar-refractivity contribution in [3.05, 3.63) is 29.8 Å². The zero-order valence-electron chi connectivity index (χ0n) is 11.8. The van der Waals surface area contributed by atoms with E-state index in [1.807, 2.05) is 0 Å². The number of hydrogen-bond donors (Lipinski definition) is 2. The van der Waals surface area contributed by atoms with Crippen LogP contribution in [0.4, 0.5) is 5.69 Å². The molecule has 21 heavy (non-hydrogen) atoms. The first-order valence-electron chi connectivity index (χ1n) is 6.42. The fourth-order valence-corrected chi connectivity index (χ4v) is 2.06. The van der Waals surface area contributed by atoms with E-state index in [1.165, 1.54) is 7.11 Å². The second-order valence-corrected chi connectivity index (χ2v) is 4.80. The summed E-state index contributed by atoms with van der Waals surface area (Å²) in [7, 11) is 1.31. The van der Waals surface area contributed by atoms with Gasteiger partial charge in [0.05, 0.1) is 12.7 Å². The molecule has 0 aromatic heterocycles. The van der Waals surface area contributed by atoms with Gasteiger partial charge in [0.2, 0.25) is 5.91 Å². The summed E-state index contributed by atoms with van der Waals surface area (Å²) in [5.74, 6) is -0.711. The highest BCUT2D eigenvalue weighted by Gasteiger charge is 2.35. The highest BCUT2D eigenvalue weighted by molar-refractivity contribution is 5.99. The lowest BCUT2D eigenvalue weighted by Crippen LogP contribution is -2.54. The number of carbonyl (C=O) groups is 2. The number of esters is 1. The molecule has 1 fully saturated rings. The summed E-state index contributed by atoms with van der Waals surface area (Å²) in [6.07, 6.45) is 0.963. The Bertz CT molecular complexity index is 515. The van der Waals surface area contributed by atoms with Crippen LogP contribution >= 0.6 is 12.4 Å². The van der Waals surface area contributed by atoms with E-state index in [0.717, 1.165) is 0 Å². The van der Waals surface area contributed by atoms with Crippen molar-refractivity contribution in [2.45, 2.75) is 18.4 Å². The summed E-state index contributed by atoms with van der Waals surface area (Å²) >= 11 is 0. The molecule has 1 aliphatic rings. The second-order valence-electron chi connectivity index (χ2n) is 4.80. The SMILES string of the molecule is COC(=O)c1cccc(NC(=O)C2(N)CCOCC2)c1.Cl. The number of nitrogens with one attached hydrogen (secondary N) is 1. The minimum Gasteiger partial charge on any atom is -0.465 e. The first kappa shape index (κ1) is 17.4. The van der Waals surface area contributed by atoms with E-state index in [-0.39, 0.29) is 18.3 Å². The van der Waals surface area contributed by atoms with Crippen LogP contribution in [-0.2, 0) is 14.3 Å². The third-order valence-corrected chi connectivity index (χ3v) is 3.38.